The summed E-state index contributed by atoms with van der Waals surface area (Å²) in [4.78, 5) is 17.8. The highest BCUT2D eigenvalue weighted by Gasteiger charge is 2.33. The second-order valence-electron chi connectivity index (χ2n) is 7.20. The zero-order valence-corrected chi connectivity index (χ0v) is 19.0. The Morgan fingerprint density at radius 3 is 2.45 bits per heavy atom. The number of rotatable bonds is 5. The van der Waals surface area contributed by atoms with Gasteiger partial charge in [0.25, 0.3) is 5.91 Å². The van der Waals surface area contributed by atoms with Gasteiger partial charge in [-0.3, -0.25) is 9.36 Å². The number of carbonyl (C=O) groups is 1. The molecule has 174 valence electrons. The largest absolute Gasteiger partial charge is 0.336 e. The Balaban J connectivity index is 1.49. The fourth-order valence-electron chi connectivity index (χ4n) is 3.59. The fraction of sp³-hybridized carbons (Fsp3) is 0.238. The smallest absolute Gasteiger partial charge is 0.254 e. The highest BCUT2D eigenvalue weighted by molar-refractivity contribution is 7.98. The minimum absolute atomic E-state index is 0.0642. The SMILES string of the molecule is CSc1nccn1-c1cccc(C(=O)N2CCN(S(=O)(=O)c3ccc(F)c(F)c3F)CC2)c1. The van der Waals surface area contributed by atoms with Gasteiger partial charge in [-0.1, -0.05) is 17.8 Å². The monoisotopic (exact) mass is 496 g/mol. The van der Waals surface area contributed by atoms with E-state index in [0.717, 1.165) is 15.1 Å². The van der Waals surface area contributed by atoms with E-state index in [0.29, 0.717) is 17.7 Å². The molecule has 33 heavy (non-hydrogen) atoms. The van der Waals surface area contributed by atoms with E-state index in [1.165, 1.54) is 16.7 Å². The third-order valence-electron chi connectivity index (χ3n) is 5.30. The van der Waals surface area contributed by atoms with Gasteiger partial charge in [-0.05, 0) is 36.6 Å². The quantitative estimate of drug-likeness (QED) is 0.401. The van der Waals surface area contributed by atoms with Crippen LogP contribution in [0.2, 0.25) is 0 Å². The molecule has 2 heterocycles. The van der Waals surface area contributed by atoms with Crippen LogP contribution in [0.5, 0.6) is 0 Å². The van der Waals surface area contributed by atoms with Crippen molar-refractivity contribution in [3.8, 4) is 5.69 Å². The van der Waals surface area contributed by atoms with Crippen molar-refractivity contribution in [3.63, 3.8) is 0 Å². The molecule has 1 saturated heterocycles. The Hall–Kier alpha value is -2.83. The van der Waals surface area contributed by atoms with Crippen LogP contribution in [-0.4, -0.2) is 65.5 Å². The van der Waals surface area contributed by atoms with Crippen LogP contribution in [0.3, 0.4) is 0 Å². The van der Waals surface area contributed by atoms with Gasteiger partial charge in [-0.15, -0.1) is 0 Å². The lowest BCUT2D eigenvalue weighted by Gasteiger charge is -2.34. The molecule has 12 heteroatoms. The van der Waals surface area contributed by atoms with Crippen molar-refractivity contribution in [2.24, 2.45) is 0 Å². The topological polar surface area (TPSA) is 75.5 Å². The molecule has 1 aliphatic heterocycles. The second-order valence-corrected chi connectivity index (χ2v) is 9.88. The number of thioether (sulfide) groups is 1. The molecule has 1 aliphatic rings. The molecular formula is C21H19F3N4O3S2. The third-order valence-corrected chi connectivity index (χ3v) is 7.89. The summed E-state index contributed by atoms with van der Waals surface area (Å²) < 4.78 is 69.0. The van der Waals surface area contributed by atoms with Gasteiger partial charge in [0.1, 0.15) is 4.90 Å². The number of hydrogen-bond donors (Lipinski definition) is 0. The van der Waals surface area contributed by atoms with Crippen molar-refractivity contribution < 1.29 is 26.4 Å². The Morgan fingerprint density at radius 2 is 1.76 bits per heavy atom. The zero-order chi connectivity index (χ0) is 23.8. The molecule has 0 radical (unpaired) electrons. The van der Waals surface area contributed by atoms with Crippen LogP contribution >= 0.6 is 11.8 Å². The minimum atomic E-state index is -4.39. The first-order valence-electron chi connectivity index (χ1n) is 9.84. The van der Waals surface area contributed by atoms with Crippen LogP contribution in [0.25, 0.3) is 5.69 Å². The fourth-order valence-corrected chi connectivity index (χ4v) is 5.59. The van der Waals surface area contributed by atoms with E-state index in [1.54, 1.807) is 30.6 Å². The highest BCUT2D eigenvalue weighted by Crippen LogP contribution is 2.25. The summed E-state index contributed by atoms with van der Waals surface area (Å²) in [5.74, 6) is -5.34. The van der Waals surface area contributed by atoms with Crippen molar-refractivity contribution in [1.29, 1.82) is 0 Å². The zero-order valence-electron chi connectivity index (χ0n) is 17.4. The van der Waals surface area contributed by atoms with Gasteiger partial charge in [0.05, 0.1) is 0 Å². The van der Waals surface area contributed by atoms with Crippen LogP contribution in [0.15, 0.2) is 58.8 Å². The molecule has 4 rings (SSSR count). The summed E-state index contributed by atoms with van der Waals surface area (Å²) in [5.41, 5.74) is 1.19. The number of hydrogen-bond acceptors (Lipinski definition) is 5. The third kappa shape index (κ3) is 4.37. The molecular weight excluding hydrogens is 477 g/mol. The highest BCUT2D eigenvalue weighted by atomic mass is 32.2. The maximum absolute atomic E-state index is 14.1. The summed E-state index contributed by atoms with van der Waals surface area (Å²) in [6.45, 7) is -0.0852. The minimum Gasteiger partial charge on any atom is -0.336 e. The van der Waals surface area contributed by atoms with Crippen molar-refractivity contribution in [3.05, 3.63) is 71.8 Å². The average Bonchev–Trinajstić information content (AvgIpc) is 3.31. The molecule has 7 nitrogen and oxygen atoms in total. The Morgan fingerprint density at radius 1 is 1.03 bits per heavy atom. The lowest BCUT2D eigenvalue weighted by atomic mass is 10.1. The van der Waals surface area contributed by atoms with Gasteiger partial charge in [-0.2, -0.15) is 4.31 Å². The first kappa shape index (κ1) is 23.3. The average molecular weight is 497 g/mol. The van der Waals surface area contributed by atoms with Crippen LogP contribution in [0.1, 0.15) is 10.4 Å². The lowest BCUT2D eigenvalue weighted by Crippen LogP contribution is -2.50. The summed E-state index contributed by atoms with van der Waals surface area (Å²) in [6.07, 6.45) is 5.35. The van der Waals surface area contributed by atoms with E-state index < -0.39 is 32.4 Å². The van der Waals surface area contributed by atoms with Crippen molar-refractivity contribution in [1.82, 2.24) is 18.8 Å². The molecule has 1 fully saturated rings. The molecule has 0 aliphatic carbocycles. The van der Waals surface area contributed by atoms with Crippen LogP contribution < -0.4 is 0 Å². The predicted molar refractivity (Wildman–Crippen MR) is 116 cm³/mol. The van der Waals surface area contributed by atoms with E-state index in [-0.39, 0.29) is 32.1 Å². The molecule has 2 aromatic carbocycles. The van der Waals surface area contributed by atoms with Crippen LogP contribution in [-0.2, 0) is 10.0 Å². The lowest BCUT2D eigenvalue weighted by molar-refractivity contribution is 0.0697. The Kier molecular flexibility index (Phi) is 6.50. The number of carbonyl (C=O) groups excluding carboxylic acids is 1. The van der Waals surface area contributed by atoms with E-state index >= 15 is 0 Å². The molecule has 0 unspecified atom stereocenters. The van der Waals surface area contributed by atoms with Gasteiger partial charge >= 0.3 is 0 Å². The number of amides is 1. The van der Waals surface area contributed by atoms with Crippen LogP contribution in [0.4, 0.5) is 13.2 Å². The van der Waals surface area contributed by atoms with Gasteiger partial charge in [0, 0.05) is 49.8 Å². The maximum atomic E-state index is 14.1. The second kappa shape index (κ2) is 9.20. The first-order valence-corrected chi connectivity index (χ1v) is 12.5. The first-order chi connectivity index (χ1) is 15.7. The van der Waals surface area contributed by atoms with Crippen molar-refractivity contribution >= 4 is 27.7 Å². The molecule has 0 atom stereocenters. The van der Waals surface area contributed by atoms with Crippen LogP contribution in [0, 0.1) is 17.5 Å². The number of benzene rings is 2. The summed E-state index contributed by atoms with van der Waals surface area (Å²) in [7, 11) is -4.39. The number of aromatic nitrogens is 2. The molecule has 0 bridgehead atoms. The van der Waals surface area contributed by atoms with E-state index in [4.69, 9.17) is 0 Å². The molecule has 3 aromatic rings. The molecule has 0 saturated carbocycles. The Bertz CT molecular complexity index is 1310. The molecule has 1 amide bonds. The maximum Gasteiger partial charge on any atom is 0.254 e. The summed E-state index contributed by atoms with van der Waals surface area (Å²) >= 11 is 1.47. The standard InChI is InChI=1S/C21H19F3N4O3S2/c1-32-21-25-7-8-28(21)15-4-2-3-14(13-15)20(29)26-9-11-27(12-10-26)33(30,31)17-6-5-16(22)18(23)19(17)24/h2-8,13H,9-12H2,1H3. The molecule has 0 N–H and O–H groups in total. The van der Waals surface area contributed by atoms with E-state index in [1.807, 2.05) is 16.9 Å². The van der Waals surface area contributed by atoms with Crippen molar-refractivity contribution in [2.75, 3.05) is 32.4 Å². The number of imidazole rings is 1. The summed E-state index contributed by atoms with van der Waals surface area (Å²) in [6, 6.07) is 8.26. The van der Waals surface area contributed by atoms with Gasteiger partial charge in [0.2, 0.25) is 10.0 Å². The number of sulfonamides is 1. The predicted octanol–water partition coefficient (Wildman–Crippen LogP) is 3.16. The van der Waals surface area contributed by atoms with E-state index in [2.05, 4.69) is 4.98 Å². The summed E-state index contributed by atoms with van der Waals surface area (Å²) in [5, 5.41) is 0.767. The molecule has 0 spiro atoms. The van der Waals surface area contributed by atoms with Crippen molar-refractivity contribution in [2.45, 2.75) is 10.1 Å². The van der Waals surface area contributed by atoms with Gasteiger partial charge < -0.3 is 4.90 Å². The normalized spacial score (nSPS) is 15.1. The molecule has 1 aromatic heterocycles. The van der Waals surface area contributed by atoms with Gasteiger partial charge in [0.15, 0.2) is 22.6 Å². The Labute approximate surface area is 192 Å². The number of nitrogens with zero attached hydrogens (tertiary/aromatic N) is 4. The number of piperazine rings is 1. The van der Waals surface area contributed by atoms with E-state index in [9.17, 15) is 26.4 Å². The number of halogens is 3. The van der Waals surface area contributed by atoms with Gasteiger partial charge in [-0.25, -0.2) is 26.6 Å².